The van der Waals surface area contributed by atoms with Gasteiger partial charge in [-0.3, -0.25) is 4.79 Å². The Hall–Kier alpha value is -1.51. The van der Waals surface area contributed by atoms with Crippen molar-refractivity contribution in [3.8, 4) is 5.75 Å². The predicted molar refractivity (Wildman–Crippen MR) is 83.6 cm³/mol. The van der Waals surface area contributed by atoms with Crippen molar-refractivity contribution in [3.63, 3.8) is 0 Å². The first kappa shape index (κ1) is 15.9. The van der Waals surface area contributed by atoms with Crippen molar-refractivity contribution in [3.05, 3.63) is 29.8 Å². The fourth-order valence-corrected chi connectivity index (χ4v) is 3.39. The Kier molecular flexibility index (Phi) is 5.27. The molecule has 1 saturated carbocycles. The highest BCUT2D eigenvalue weighted by atomic mass is 16.5. The molecule has 1 fully saturated rings. The van der Waals surface area contributed by atoms with Gasteiger partial charge in [-0.25, -0.2) is 0 Å². The van der Waals surface area contributed by atoms with Crippen LogP contribution in [0.2, 0.25) is 0 Å². The summed E-state index contributed by atoms with van der Waals surface area (Å²) in [6.07, 6.45) is 6.52. The maximum absolute atomic E-state index is 11.8. The lowest BCUT2D eigenvalue weighted by atomic mass is 9.67. The van der Waals surface area contributed by atoms with Crippen LogP contribution in [-0.4, -0.2) is 18.2 Å². The van der Waals surface area contributed by atoms with Gasteiger partial charge in [0.25, 0.3) is 0 Å². The average molecular weight is 290 g/mol. The Morgan fingerprint density at radius 1 is 1.29 bits per heavy atom. The summed E-state index contributed by atoms with van der Waals surface area (Å²) < 4.78 is 5.15. The van der Waals surface area contributed by atoms with E-state index < -0.39 is 11.4 Å². The highest BCUT2D eigenvalue weighted by Crippen LogP contribution is 2.43. The monoisotopic (exact) mass is 290 g/mol. The average Bonchev–Trinajstić information content (AvgIpc) is 2.53. The van der Waals surface area contributed by atoms with Crippen LogP contribution >= 0.6 is 0 Å². The Morgan fingerprint density at radius 2 is 1.90 bits per heavy atom. The summed E-state index contributed by atoms with van der Waals surface area (Å²) in [7, 11) is 1.65. The summed E-state index contributed by atoms with van der Waals surface area (Å²) in [5.74, 6) is 0.958. The predicted octanol–water partition coefficient (Wildman–Crippen LogP) is 4.30. The van der Waals surface area contributed by atoms with Crippen molar-refractivity contribution in [1.82, 2.24) is 0 Å². The van der Waals surface area contributed by atoms with Gasteiger partial charge in [-0.1, -0.05) is 25.5 Å². The molecular weight excluding hydrogens is 264 g/mol. The highest BCUT2D eigenvalue weighted by Gasteiger charge is 2.40. The smallest absolute Gasteiger partial charge is 0.309 e. The molecule has 2 rings (SSSR count). The summed E-state index contributed by atoms with van der Waals surface area (Å²) in [6.45, 7) is 2.20. The summed E-state index contributed by atoms with van der Waals surface area (Å²) >= 11 is 0. The molecule has 1 aliphatic rings. The minimum atomic E-state index is -0.606. The molecule has 1 aromatic rings. The van der Waals surface area contributed by atoms with Crippen molar-refractivity contribution < 1.29 is 14.6 Å². The molecule has 0 spiro atoms. The number of aliphatic carboxylic acids is 1. The Morgan fingerprint density at radius 3 is 2.38 bits per heavy atom. The molecule has 21 heavy (non-hydrogen) atoms. The van der Waals surface area contributed by atoms with Gasteiger partial charge in [0.1, 0.15) is 5.75 Å². The van der Waals surface area contributed by atoms with Crippen molar-refractivity contribution in [2.45, 2.75) is 51.9 Å². The lowest BCUT2D eigenvalue weighted by Crippen LogP contribution is -2.35. The second-order valence-corrected chi connectivity index (χ2v) is 6.29. The second-order valence-electron chi connectivity index (χ2n) is 6.29. The second kappa shape index (κ2) is 6.97. The van der Waals surface area contributed by atoms with E-state index in [0.717, 1.165) is 50.2 Å². The molecule has 0 unspecified atom stereocenters. The van der Waals surface area contributed by atoms with Crippen LogP contribution in [0.5, 0.6) is 5.75 Å². The van der Waals surface area contributed by atoms with E-state index in [2.05, 4.69) is 6.92 Å². The molecule has 3 nitrogen and oxygen atoms in total. The minimum Gasteiger partial charge on any atom is -0.497 e. The first-order chi connectivity index (χ1) is 10.1. The van der Waals surface area contributed by atoms with Gasteiger partial charge in [0.15, 0.2) is 0 Å². The Bertz CT molecular complexity index is 456. The molecule has 0 radical (unpaired) electrons. The van der Waals surface area contributed by atoms with Crippen LogP contribution in [0.15, 0.2) is 24.3 Å². The zero-order valence-corrected chi connectivity index (χ0v) is 13.1. The van der Waals surface area contributed by atoms with E-state index in [9.17, 15) is 9.90 Å². The molecule has 0 atom stereocenters. The molecule has 0 saturated heterocycles. The normalized spacial score (nSPS) is 25.5. The number of carbonyl (C=O) groups is 1. The molecule has 1 aliphatic carbocycles. The number of carboxylic acid groups (broad SMARTS) is 1. The third-order valence-corrected chi connectivity index (χ3v) is 5.14. The SMILES string of the molecule is CCC1CCC(CCc2ccc(OC)cc2)(C(=O)O)CC1. The van der Waals surface area contributed by atoms with Gasteiger partial charge in [-0.05, 0) is 62.1 Å². The van der Waals surface area contributed by atoms with Crippen LogP contribution in [0.4, 0.5) is 0 Å². The molecule has 0 bridgehead atoms. The zero-order chi connectivity index (χ0) is 15.3. The van der Waals surface area contributed by atoms with E-state index in [-0.39, 0.29) is 0 Å². The number of rotatable bonds is 6. The maximum Gasteiger partial charge on any atom is 0.309 e. The number of carboxylic acids is 1. The fourth-order valence-electron chi connectivity index (χ4n) is 3.39. The molecule has 3 heteroatoms. The molecule has 0 amide bonds. The summed E-state index contributed by atoms with van der Waals surface area (Å²) in [5, 5.41) is 9.69. The van der Waals surface area contributed by atoms with E-state index in [1.54, 1.807) is 7.11 Å². The van der Waals surface area contributed by atoms with Crippen LogP contribution in [0, 0.1) is 11.3 Å². The fraction of sp³-hybridized carbons (Fsp3) is 0.611. The van der Waals surface area contributed by atoms with Gasteiger partial charge in [0.05, 0.1) is 12.5 Å². The third-order valence-electron chi connectivity index (χ3n) is 5.14. The van der Waals surface area contributed by atoms with Gasteiger partial charge in [-0.2, -0.15) is 0 Å². The lowest BCUT2D eigenvalue weighted by molar-refractivity contribution is -0.152. The van der Waals surface area contributed by atoms with E-state index >= 15 is 0 Å². The maximum atomic E-state index is 11.8. The number of aryl methyl sites for hydroxylation is 1. The van der Waals surface area contributed by atoms with E-state index in [4.69, 9.17) is 4.74 Å². The zero-order valence-electron chi connectivity index (χ0n) is 13.1. The van der Waals surface area contributed by atoms with Crippen LogP contribution < -0.4 is 4.74 Å². The van der Waals surface area contributed by atoms with E-state index in [1.165, 1.54) is 12.0 Å². The van der Waals surface area contributed by atoms with Gasteiger partial charge in [0, 0.05) is 0 Å². The number of methoxy groups -OCH3 is 1. The summed E-state index contributed by atoms with van der Waals surface area (Å²) in [4.78, 5) is 11.8. The molecule has 116 valence electrons. The van der Waals surface area contributed by atoms with Crippen molar-refractivity contribution in [2.75, 3.05) is 7.11 Å². The Balaban J connectivity index is 1.98. The largest absolute Gasteiger partial charge is 0.497 e. The van der Waals surface area contributed by atoms with Crippen LogP contribution in [0.1, 0.15) is 51.0 Å². The molecular formula is C18H26O3. The van der Waals surface area contributed by atoms with Crippen molar-refractivity contribution in [1.29, 1.82) is 0 Å². The quantitative estimate of drug-likeness (QED) is 0.849. The topological polar surface area (TPSA) is 46.5 Å². The van der Waals surface area contributed by atoms with Gasteiger partial charge in [-0.15, -0.1) is 0 Å². The summed E-state index contributed by atoms with van der Waals surface area (Å²) in [6, 6.07) is 7.95. The first-order valence-electron chi connectivity index (χ1n) is 7.96. The Labute approximate surface area is 127 Å². The minimum absolute atomic E-state index is 0.508. The summed E-state index contributed by atoms with van der Waals surface area (Å²) in [5.41, 5.74) is 0.681. The molecule has 0 aromatic heterocycles. The van der Waals surface area contributed by atoms with Crippen molar-refractivity contribution in [2.24, 2.45) is 11.3 Å². The van der Waals surface area contributed by atoms with Crippen LogP contribution in [0.3, 0.4) is 0 Å². The highest BCUT2D eigenvalue weighted by molar-refractivity contribution is 5.74. The van der Waals surface area contributed by atoms with Crippen LogP contribution in [-0.2, 0) is 11.2 Å². The van der Waals surface area contributed by atoms with Gasteiger partial charge in [0.2, 0.25) is 0 Å². The first-order valence-corrected chi connectivity index (χ1v) is 7.96. The number of benzene rings is 1. The number of hydrogen-bond donors (Lipinski definition) is 1. The lowest BCUT2D eigenvalue weighted by Gasteiger charge is -2.36. The number of ether oxygens (including phenoxy) is 1. The molecule has 0 aliphatic heterocycles. The van der Waals surface area contributed by atoms with E-state index in [1.807, 2.05) is 24.3 Å². The van der Waals surface area contributed by atoms with Crippen molar-refractivity contribution >= 4 is 5.97 Å². The van der Waals surface area contributed by atoms with Gasteiger partial charge >= 0.3 is 5.97 Å². The van der Waals surface area contributed by atoms with Gasteiger partial charge < -0.3 is 9.84 Å². The molecule has 0 heterocycles. The van der Waals surface area contributed by atoms with E-state index in [0.29, 0.717) is 0 Å². The molecule has 1 aromatic carbocycles. The molecule has 1 N–H and O–H groups in total. The standard InChI is InChI=1S/C18H26O3/c1-3-14-8-11-18(12-9-14,17(19)20)13-10-15-4-6-16(21-2)7-5-15/h4-7,14H,3,8-13H2,1-2H3,(H,19,20). The third kappa shape index (κ3) is 3.78. The number of hydrogen-bond acceptors (Lipinski definition) is 2. The van der Waals surface area contributed by atoms with Crippen LogP contribution in [0.25, 0.3) is 0 Å².